The molecule has 0 atom stereocenters. The van der Waals surface area contributed by atoms with Gasteiger partial charge in [-0.15, -0.1) is 0 Å². The maximum Gasteiger partial charge on any atom is 0.496 e. The van der Waals surface area contributed by atoms with Crippen molar-refractivity contribution in [3.8, 4) is 0 Å². The molecular weight excluding hydrogens is 366 g/mol. The lowest BCUT2D eigenvalue weighted by molar-refractivity contribution is -0.155. The van der Waals surface area contributed by atoms with Gasteiger partial charge in [0.25, 0.3) is 0 Å². The maximum absolute atomic E-state index is 12.1. The van der Waals surface area contributed by atoms with E-state index in [1.54, 1.807) is 10.9 Å². The monoisotopic (exact) mass is 392 g/mol. The van der Waals surface area contributed by atoms with Gasteiger partial charge in [0.15, 0.2) is 0 Å². The zero-order chi connectivity index (χ0) is 20.2. The fraction of sp³-hybridized carbons (Fsp3) is 0.579. The van der Waals surface area contributed by atoms with Gasteiger partial charge in [-0.2, -0.15) is 5.10 Å². The smallest absolute Gasteiger partial charge is 0.459 e. The number of nitrogens with zero attached hydrogens (tertiary/aromatic N) is 2. The lowest BCUT2D eigenvalue weighted by atomic mass is 9.78. The van der Waals surface area contributed by atoms with E-state index in [2.05, 4.69) is 5.10 Å². The zero-order valence-electron chi connectivity index (χ0n) is 16.9. The summed E-state index contributed by atoms with van der Waals surface area (Å²) in [5.41, 5.74) is 0.0160. The molecule has 1 aromatic carbocycles. The van der Waals surface area contributed by atoms with Crippen LogP contribution in [-0.4, -0.2) is 39.7 Å². The molecule has 27 heavy (non-hydrogen) atoms. The molecular formula is C19H26BClN2O4. The van der Waals surface area contributed by atoms with E-state index in [1.165, 1.54) is 0 Å². The number of carbonyl (C=O) groups is 1. The van der Waals surface area contributed by atoms with Gasteiger partial charge in [-0.05, 0) is 54.5 Å². The molecule has 6 nitrogen and oxygen atoms in total. The van der Waals surface area contributed by atoms with Crippen LogP contribution in [0, 0.1) is 0 Å². The maximum atomic E-state index is 12.1. The van der Waals surface area contributed by atoms with E-state index in [1.807, 2.05) is 60.6 Å². The Bertz CT molecular complexity index is 870. The highest BCUT2D eigenvalue weighted by atomic mass is 35.5. The summed E-state index contributed by atoms with van der Waals surface area (Å²) in [4.78, 5) is 12.1. The third-order valence-electron chi connectivity index (χ3n) is 4.92. The van der Waals surface area contributed by atoms with Crippen molar-refractivity contribution in [3.05, 3.63) is 23.4 Å². The third-order valence-corrected chi connectivity index (χ3v) is 5.34. The summed E-state index contributed by atoms with van der Waals surface area (Å²) < 4.78 is 19.1. The average molecular weight is 393 g/mol. The van der Waals surface area contributed by atoms with Gasteiger partial charge in [0.05, 0.1) is 21.7 Å². The molecule has 0 aliphatic carbocycles. The van der Waals surface area contributed by atoms with Crippen LogP contribution in [0.3, 0.4) is 0 Å². The third kappa shape index (κ3) is 4.00. The minimum absolute atomic E-state index is 0.0219. The van der Waals surface area contributed by atoms with Crippen molar-refractivity contribution in [1.29, 1.82) is 0 Å². The largest absolute Gasteiger partial charge is 0.496 e. The molecule has 1 aliphatic heterocycles. The van der Waals surface area contributed by atoms with Crippen molar-refractivity contribution in [1.82, 2.24) is 9.78 Å². The van der Waals surface area contributed by atoms with Gasteiger partial charge < -0.3 is 14.0 Å². The second kappa shape index (κ2) is 6.50. The fourth-order valence-electron chi connectivity index (χ4n) is 2.86. The second-order valence-electron chi connectivity index (χ2n) is 8.90. The highest BCUT2D eigenvalue weighted by Gasteiger charge is 2.52. The average Bonchev–Trinajstić information content (AvgIpc) is 2.95. The van der Waals surface area contributed by atoms with Gasteiger partial charge in [0.2, 0.25) is 0 Å². The predicted octanol–water partition coefficient (Wildman–Crippen LogP) is 3.33. The summed E-state index contributed by atoms with van der Waals surface area (Å²) in [7, 11) is -0.555. The SMILES string of the molecule is CC(C)(C)OC(=O)Cn1cc2c(Cl)c(B3OC(C)(C)C(C)(C)O3)ccc2n1. The first-order valence-electron chi connectivity index (χ1n) is 9.02. The highest BCUT2D eigenvalue weighted by molar-refractivity contribution is 6.66. The van der Waals surface area contributed by atoms with Crippen molar-refractivity contribution in [2.24, 2.45) is 0 Å². The minimum atomic E-state index is -0.555. The van der Waals surface area contributed by atoms with Crippen LogP contribution in [0.1, 0.15) is 48.5 Å². The van der Waals surface area contributed by atoms with E-state index in [9.17, 15) is 4.79 Å². The minimum Gasteiger partial charge on any atom is -0.459 e. The molecule has 3 rings (SSSR count). The number of hydrogen-bond donors (Lipinski definition) is 0. The van der Waals surface area contributed by atoms with E-state index in [0.29, 0.717) is 10.5 Å². The summed E-state index contributed by atoms with van der Waals surface area (Å²) in [5, 5.41) is 5.68. The molecule has 0 saturated carbocycles. The van der Waals surface area contributed by atoms with Crippen LogP contribution < -0.4 is 5.46 Å². The van der Waals surface area contributed by atoms with Gasteiger partial charge in [0, 0.05) is 17.0 Å². The van der Waals surface area contributed by atoms with Crippen LogP contribution in [0.15, 0.2) is 18.3 Å². The lowest BCUT2D eigenvalue weighted by Crippen LogP contribution is -2.41. The van der Waals surface area contributed by atoms with Crippen molar-refractivity contribution in [2.75, 3.05) is 0 Å². The summed E-state index contributed by atoms with van der Waals surface area (Å²) >= 11 is 6.63. The first-order chi connectivity index (χ1) is 12.3. The number of carbonyl (C=O) groups excluding carboxylic acids is 1. The normalized spacial score (nSPS) is 18.9. The van der Waals surface area contributed by atoms with E-state index in [0.717, 1.165) is 10.8 Å². The molecule has 0 radical (unpaired) electrons. The molecule has 2 heterocycles. The molecule has 8 heteroatoms. The Kier molecular flexibility index (Phi) is 4.86. The quantitative estimate of drug-likeness (QED) is 0.592. The topological polar surface area (TPSA) is 62.6 Å². The van der Waals surface area contributed by atoms with Crippen LogP contribution in [0.4, 0.5) is 0 Å². The van der Waals surface area contributed by atoms with E-state index in [-0.39, 0.29) is 12.5 Å². The Labute approximate surface area is 165 Å². The van der Waals surface area contributed by atoms with Crippen molar-refractivity contribution < 1.29 is 18.8 Å². The summed E-state index contributed by atoms with van der Waals surface area (Å²) in [6.45, 7) is 13.5. The number of ether oxygens (including phenoxy) is 1. The number of aromatic nitrogens is 2. The molecule has 0 bridgehead atoms. The van der Waals surface area contributed by atoms with Crippen LogP contribution in [0.5, 0.6) is 0 Å². The number of fused-ring (bicyclic) bond motifs is 1. The summed E-state index contributed by atoms with van der Waals surface area (Å²) in [6, 6.07) is 3.71. The Morgan fingerprint density at radius 1 is 1.22 bits per heavy atom. The van der Waals surface area contributed by atoms with Crippen molar-refractivity contribution in [3.63, 3.8) is 0 Å². The molecule has 1 saturated heterocycles. The summed E-state index contributed by atoms with van der Waals surface area (Å²) in [5.74, 6) is -0.349. The lowest BCUT2D eigenvalue weighted by Gasteiger charge is -2.32. The van der Waals surface area contributed by atoms with Crippen LogP contribution in [0.2, 0.25) is 5.02 Å². The Morgan fingerprint density at radius 3 is 2.37 bits per heavy atom. The van der Waals surface area contributed by atoms with Gasteiger partial charge in [0.1, 0.15) is 12.1 Å². The number of halogens is 1. The molecule has 0 N–H and O–H groups in total. The molecule has 1 fully saturated rings. The number of benzene rings is 1. The predicted molar refractivity (Wildman–Crippen MR) is 106 cm³/mol. The zero-order valence-corrected chi connectivity index (χ0v) is 17.7. The summed E-state index contributed by atoms with van der Waals surface area (Å²) in [6.07, 6.45) is 1.75. The Balaban J connectivity index is 1.87. The molecule has 1 aromatic heterocycles. The Hall–Kier alpha value is -1.57. The van der Waals surface area contributed by atoms with Crippen LogP contribution in [0.25, 0.3) is 10.9 Å². The van der Waals surface area contributed by atoms with E-state index < -0.39 is 23.9 Å². The molecule has 146 valence electrons. The first-order valence-corrected chi connectivity index (χ1v) is 9.40. The molecule has 2 aromatic rings. The van der Waals surface area contributed by atoms with Gasteiger partial charge in [-0.3, -0.25) is 9.48 Å². The van der Waals surface area contributed by atoms with E-state index in [4.69, 9.17) is 25.6 Å². The van der Waals surface area contributed by atoms with Crippen molar-refractivity contribution >= 4 is 41.1 Å². The van der Waals surface area contributed by atoms with Gasteiger partial charge in [-0.1, -0.05) is 17.7 Å². The van der Waals surface area contributed by atoms with Crippen LogP contribution >= 0.6 is 11.6 Å². The van der Waals surface area contributed by atoms with E-state index >= 15 is 0 Å². The molecule has 0 amide bonds. The number of rotatable bonds is 3. The molecule has 0 unspecified atom stereocenters. The van der Waals surface area contributed by atoms with Crippen molar-refractivity contribution in [2.45, 2.75) is 71.8 Å². The highest BCUT2D eigenvalue weighted by Crippen LogP contribution is 2.37. The standard InChI is InChI=1S/C19H26BClN2O4/c1-17(2,3)25-15(24)11-23-10-12-14(22-23)9-8-13(16(12)21)20-26-18(4,5)19(6,7)27-20/h8-10H,11H2,1-7H3. The fourth-order valence-corrected chi connectivity index (χ4v) is 3.16. The van der Waals surface area contributed by atoms with Crippen LogP contribution in [-0.2, 0) is 25.4 Å². The number of hydrogen-bond acceptors (Lipinski definition) is 5. The second-order valence-corrected chi connectivity index (χ2v) is 9.28. The molecule has 1 aliphatic rings. The van der Waals surface area contributed by atoms with Gasteiger partial charge in [-0.25, -0.2) is 0 Å². The van der Waals surface area contributed by atoms with Gasteiger partial charge >= 0.3 is 13.1 Å². The number of esters is 1. The molecule has 0 spiro atoms. The Morgan fingerprint density at radius 2 is 1.81 bits per heavy atom. The first kappa shape index (κ1) is 20.2.